The van der Waals surface area contributed by atoms with Gasteiger partial charge >= 0.3 is 11.7 Å². The maximum absolute atomic E-state index is 12.5. The van der Waals surface area contributed by atoms with Crippen molar-refractivity contribution in [3.05, 3.63) is 32.6 Å². The minimum atomic E-state index is -1.85. The quantitative estimate of drug-likeness (QED) is 0.710. The molecule has 2 aliphatic rings. The van der Waals surface area contributed by atoms with Gasteiger partial charge in [0.1, 0.15) is 12.2 Å². The molecule has 3 atom stereocenters. The van der Waals surface area contributed by atoms with Crippen LogP contribution in [0.2, 0.25) is 0 Å². The minimum Gasteiger partial charge on any atom is -0.465 e. The second-order valence-electron chi connectivity index (χ2n) is 6.04. The molecule has 0 aromatic carbocycles. The summed E-state index contributed by atoms with van der Waals surface area (Å²) in [6.45, 7) is 4.97. The van der Waals surface area contributed by atoms with Gasteiger partial charge in [-0.25, -0.2) is 9.59 Å². The van der Waals surface area contributed by atoms with Gasteiger partial charge in [0.25, 0.3) is 11.3 Å². The first-order valence-corrected chi connectivity index (χ1v) is 7.12. The van der Waals surface area contributed by atoms with E-state index in [1.54, 1.807) is 13.8 Å². The zero-order valence-corrected chi connectivity index (χ0v) is 13.2. The summed E-state index contributed by atoms with van der Waals surface area (Å²) in [6.07, 6.45) is -0.161. The third-order valence-corrected chi connectivity index (χ3v) is 3.99. The molecular formula is C14H18N2O7. The topological polar surface area (TPSA) is 109 Å². The summed E-state index contributed by atoms with van der Waals surface area (Å²) in [7, 11) is 1.19. The van der Waals surface area contributed by atoms with Crippen molar-refractivity contribution in [2.75, 3.05) is 13.7 Å². The number of rotatable bonds is 2. The molecule has 0 saturated carbocycles. The fourth-order valence-electron chi connectivity index (χ4n) is 3.02. The van der Waals surface area contributed by atoms with Crippen LogP contribution in [-0.2, 0) is 29.5 Å². The zero-order valence-electron chi connectivity index (χ0n) is 13.2. The molecular weight excluding hydrogens is 308 g/mol. The minimum absolute atomic E-state index is 0.0494. The normalized spacial score (nSPS) is 31.8. The molecule has 23 heavy (non-hydrogen) atoms. The van der Waals surface area contributed by atoms with E-state index in [0.717, 1.165) is 4.57 Å². The van der Waals surface area contributed by atoms with E-state index < -0.39 is 40.9 Å². The van der Waals surface area contributed by atoms with E-state index in [4.69, 9.17) is 18.9 Å². The Hall–Kier alpha value is -1.97. The van der Waals surface area contributed by atoms with Crippen LogP contribution in [0.3, 0.4) is 0 Å². The van der Waals surface area contributed by atoms with Gasteiger partial charge in [-0.3, -0.25) is 14.3 Å². The fourth-order valence-corrected chi connectivity index (χ4v) is 3.02. The van der Waals surface area contributed by atoms with Gasteiger partial charge in [-0.2, -0.15) is 0 Å². The largest absolute Gasteiger partial charge is 0.465 e. The highest BCUT2D eigenvalue weighted by Gasteiger charge is 2.65. The number of aromatic nitrogens is 2. The van der Waals surface area contributed by atoms with Gasteiger partial charge in [0.15, 0.2) is 5.79 Å². The fraction of sp³-hybridized carbons (Fsp3) is 0.643. The first-order chi connectivity index (χ1) is 10.7. The highest BCUT2D eigenvalue weighted by atomic mass is 16.8. The maximum Gasteiger partial charge on any atom is 0.363 e. The Bertz CT molecular complexity index is 765. The van der Waals surface area contributed by atoms with Crippen LogP contribution in [0.25, 0.3) is 0 Å². The predicted octanol–water partition coefficient (Wildman–Crippen LogP) is -0.779. The number of ether oxygens (including phenoxy) is 4. The first kappa shape index (κ1) is 15.9. The molecule has 1 aromatic heterocycles. The standard InChI is InChI=1S/C14H18N2O7/c1-7-5-16(12(19)15-10(7)17)14(11(18)20-4)9-8(6-21-14)22-13(2,3)23-9/h5,8-9H,6H2,1-4H3,(H,15,17,19)/t8-,9-,14-/m1/s1. The Balaban J connectivity index is 2.21. The van der Waals surface area contributed by atoms with Gasteiger partial charge in [-0.05, 0) is 20.8 Å². The molecule has 2 fully saturated rings. The molecule has 9 heteroatoms. The number of fused-ring (bicyclic) bond motifs is 1. The lowest BCUT2D eigenvalue weighted by Gasteiger charge is -2.32. The Labute approximate surface area is 131 Å². The van der Waals surface area contributed by atoms with Crippen LogP contribution in [0, 0.1) is 6.92 Å². The number of nitrogens with zero attached hydrogens (tertiary/aromatic N) is 1. The second-order valence-corrected chi connectivity index (χ2v) is 6.04. The average Bonchev–Trinajstić information content (AvgIpc) is 2.96. The number of esters is 1. The number of carbonyl (C=O) groups excluding carboxylic acids is 1. The first-order valence-electron chi connectivity index (χ1n) is 7.12. The number of aryl methyl sites for hydroxylation is 1. The number of hydrogen-bond acceptors (Lipinski definition) is 7. The SMILES string of the molecule is COC(=O)[C@]1(n2cc(C)c(=O)[nH]c2=O)OC[C@H]2OC(C)(C)O[C@H]21. The van der Waals surface area contributed by atoms with Gasteiger partial charge in [0.05, 0.1) is 13.7 Å². The van der Waals surface area contributed by atoms with Crippen molar-refractivity contribution in [1.82, 2.24) is 9.55 Å². The second kappa shape index (κ2) is 5.02. The molecule has 2 saturated heterocycles. The van der Waals surface area contributed by atoms with Crippen LogP contribution in [0.1, 0.15) is 19.4 Å². The molecule has 2 aliphatic heterocycles. The van der Waals surface area contributed by atoms with Crippen molar-refractivity contribution in [3.8, 4) is 0 Å². The van der Waals surface area contributed by atoms with E-state index in [-0.39, 0.29) is 12.2 Å². The number of carbonyl (C=O) groups is 1. The molecule has 0 unspecified atom stereocenters. The molecule has 3 heterocycles. The smallest absolute Gasteiger partial charge is 0.363 e. The molecule has 0 spiro atoms. The van der Waals surface area contributed by atoms with Gasteiger partial charge in [-0.15, -0.1) is 0 Å². The van der Waals surface area contributed by atoms with Crippen molar-refractivity contribution in [2.45, 2.75) is 44.5 Å². The van der Waals surface area contributed by atoms with E-state index in [0.29, 0.717) is 0 Å². The third kappa shape index (κ3) is 2.23. The summed E-state index contributed by atoms with van der Waals surface area (Å²) in [5, 5.41) is 0. The van der Waals surface area contributed by atoms with E-state index in [9.17, 15) is 14.4 Å². The van der Waals surface area contributed by atoms with Crippen molar-refractivity contribution < 1.29 is 23.7 Å². The van der Waals surface area contributed by atoms with Crippen LogP contribution in [-0.4, -0.2) is 47.2 Å². The molecule has 1 N–H and O–H groups in total. The number of aromatic amines is 1. The highest BCUT2D eigenvalue weighted by Crippen LogP contribution is 2.43. The third-order valence-electron chi connectivity index (χ3n) is 3.99. The molecule has 0 bridgehead atoms. The van der Waals surface area contributed by atoms with Crippen LogP contribution < -0.4 is 11.2 Å². The van der Waals surface area contributed by atoms with Crippen LogP contribution >= 0.6 is 0 Å². The Morgan fingerprint density at radius 3 is 2.74 bits per heavy atom. The average molecular weight is 326 g/mol. The maximum atomic E-state index is 12.5. The summed E-state index contributed by atoms with van der Waals surface area (Å²) >= 11 is 0. The van der Waals surface area contributed by atoms with E-state index >= 15 is 0 Å². The van der Waals surface area contributed by atoms with Crippen molar-refractivity contribution in [3.63, 3.8) is 0 Å². The van der Waals surface area contributed by atoms with Crippen molar-refractivity contribution in [2.24, 2.45) is 0 Å². The molecule has 0 amide bonds. The Morgan fingerprint density at radius 1 is 1.39 bits per heavy atom. The summed E-state index contributed by atoms with van der Waals surface area (Å²) in [6, 6.07) is 0. The van der Waals surface area contributed by atoms with Gasteiger partial charge in [0, 0.05) is 11.8 Å². The summed E-state index contributed by atoms with van der Waals surface area (Å²) < 4.78 is 23.0. The summed E-state index contributed by atoms with van der Waals surface area (Å²) in [5.74, 6) is -1.74. The number of methoxy groups -OCH3 is 1. The number of nitrogens with one attached hydrogen (secondary N) is 1. The van der Waals surface area contributed by atoms with Crippen LogP contribution in [0.15, 0.2) is 15.8 Å². The lowest BCUT2D eigenvalue weighted by atomic mass is 10.0. The number of H-pyrrole nitrogens is 1. The molecule has 3 rings (SSSR count). The molecule has 0 radical (unpaired) electrons. The van der Waals surface area contributed by atoms with Crippen molar-refractivity contribution in [1.29, 1.82) is 0 Å². The molecule has 0 aliphatic carbocycles. The van der Waals surface area contributed by atoms with Crippen LogP contribution in [0.4, 0.5) is 0 Å². The molecule has 1 aromatic rings. The lowest BCUT2D eigenvalue weighted by Crippen LogP contribution is -2.57. The summed E-state index contributed by atoms with van der Waals surface area (Å²) in [5.41, 5.74) is -2.93. The van der Waals surface area contributed by atoms with E-state index in [1.807, 2.05) is 0 Å². The number of hydrogen-bond donors (Lipinski definition) is 1. The molecule has 126 valence electrons. The summed E-state index contributed by atoms with van der Waals surface area (Å²) in [4.78, 5) is 38.5. The Kier molecular flexibility index (Phi) is 3.47. The van der Waals surface area contributed by atoms with Gasteiger partial charge < -0.3 is 18.9 Å². The van der Waals surface area contributed by atoms with E-state index in [1.165, 1.54) is 20.2 Å². The van der Waals surface area contributed by atoms with Gasteiger partial charge in [-0.1, -0.05) is 0 Å². The van der Waals surface area contributed by atoms with E-state index in [2.05, 4.69) is 4.98 Å². The lowest BCUT2D eigenvalue weighted by molar-refractivity contribution is -0.226. The zero-order chi connectivity index (χ0) is 17.0. The molecule has 9 nitrogen and oxygen atoms in total. The highest BCUT2D eigenvalue weighted by molar-refractivity contribution is 5.78. The monoisotopic (exact) mass is 326 g/mol. The predicted molar refractivity (Wildman–Crippen MR) is 75.8 cm³/mol. The Morgan fingerprint density at radius 2 is 2.09 bits per heavy atom. The van der Waals surface area contributed by atoms with Crippen molar-refractivity contribution >= 4 is 5.97 Å². The van der Waals surface area contributed by atoms with Gasteiger partial charge in [0.2, 0.25) is 0 Å². The van der Waals surface area contributed by atoms with Crippen LogP contribution in [0.5, 0.6) is 0 Å².